The molecule has 28 heavy (non-hydrogen) atoms. The van der Waals surface area contributed by atoms with Crippen molar-refractivity contribution in [3.05, 3.63) is 59.7 Å². The molecule has 1 atom stereocenters. The van der Waals surface area contributed by atoms with E-state index in [0.29, 0.717) is 30.2 Å². The van der Waals surface area contributed by atoms with Crippen molar-refractivity contribution >= 4 is 5.91 Å². The fraction of sp³-hybridized carbons (Fsp3) is 0.391. The molecule has 0 aliphatic carbocycles. The minimum Gasteiger partial charge on any atom is -0.374 e. The first-order valence-corrected chi connectivity index (χ1v) is 9.79. The fourth-order valence-electron chi connectivity index (χ4n) is 3.62. The second kappa shape index (κ2) is 9.50. The van der Waals surface area contributed by atoms with Crippen LogP contribution in [0.3, 0.4) is 0 Å². The van der Waals surface area contributed by atoms with Gasteiger partial charge < -0.3 is 10.1 Å². The van der Waals surface area contributed by atoms with E-state index in [1.165, 1.54) is 0 Å². The second-order valence-corrected chi connectivity index (χ2v) is 7.56. The number of benzene rings is 2. The molecule has 1 unspecified atom stereocenters. The quantitative estimate of drug-likeness (QED) is 0.839. The molecule has 1 aliphatic heterocycles. The molecule has 1 amide bonds. The van der Waals surface area contributed by atoms with Gasteiger partial charge in [-0.05, 0) is 23.6 Å². The summed E-state index contributed by atoms with van der Waals surface area (Å²) in [6.07, 6.45) is -0.00462. The van der Waals surface area contributed by atoms with Crippen LogP contribution in [0, 0.1) is 17.2 Å². The standard InChI is InChI=1S/C23H27N3O2/c1-17(2)15-26-11-12-28-19(16-26)14-25-23(27)22-10-6-5-9-21(22)20-8-4-3-7-18(20)13-24/h3-10,17,19H,11-12,14-16H2,1-2H3,(H,25,27). The molecular weight excluding hydrogens is 350 g/mol. The molecule has 0 bridgehead atoms. The highest BCUT2D eigenvalue weighted by Gasteiger charge is 2.22. The van der Waals surface area contributed by atoms with E-state index in [1.54, 1.807) is 12.1 Å². The van der Waals surface area contributed by atoms with Gasteiger partial charge >= 0.3 is 0 Å². The molecule has 1 saturated heterocycles. The number of amides is 1. The van der Waals surface area contributed by atoms with Crippen LogP contribution >= 0.6 is 0 Å². The Morgan fingerprint density at radius 2 is 1.93 bits per heavy atom. The lowest BCUT2D eigenvalue weighted by atomic mass is 9.95. The van der Waals surface area contributed by atoms with Crippen LogP contribution in [0.15, 0.2) is 48.5 Å². The third-order valence-electron chi connectivity index (χ3n) is 4.85. The van der Waals surface area contributed by atoms with Crippen LogP contribution in [0.4, 0.5) is 0 Å². The summed E-state index contributed by atoms with van der Waals surface area (Å²) in [5, 5.41) is 12.4. The molecule has 5 heteroatoms. The number of nitriles is 1. The molecule has 1 N–H and O–H groups in total. The average Bonchev–Trinajstić information content (AvgIpc) is 2.72. The van der Waals surface area contributed by atoms with Crippen LogP contribution in [0.25, 0.3) is 11.1 Å². The average molecular weight is 377 g/mol. The molecule has 1 aliphatic rings. The van der Waals surface area contributed by atoms with Crippen molar-refractivity contribution in [1.82, 2.24) is 10.2 Å². The molecule has 0 spiro atoms. The first kappa shape index (κ1) is 20.1. The Hall–Kier alpha value is -2.68. The van der Waals surface area contributed by atoms with E-state index in [4.69, 9.17) is 4.74 Å². The Balaban J connectivity index is 1.70. The third-order valence-corrected chi connectivity index (χ3v) is 4.85. The maximum Gasteiger partial charge on any atom is 0.252 e. The lowest BCUT2D eigenvalue weighted by Crippen LogP contribution is -2.48. The highest BCUT2D eigenvalue weighted by atomic mass is 16.5. The zero-order valence-corrected chi connectivity index (χ0v) is 16.5. The maximum atomic E-state index is 12.9. The number of carbonyl (C=O) groups is 1. The maximum absolute atomic E-state index is 12.9. The minimum absolute atomic E-state index is 0.00462. The number of carbonyl (C=O) groups excluding carboxylic acids is 1. The van der Waals surface area contributed by atoms with Gasteiger partial charge in [0.1, 0.15) is 0 Å². The molecule has 5 nitrogen and oxygen atoms in total. The molecule has 3 rings (SSSR count). The number of hydrogen-bond acceptors (Lipinski definition) is 4. The van der Waals surface area contributed by atoms with Gasteiger partial charge in [0.2, 0.25) is 0 Å². The van der Waals surface area contributed by atoms with Gasteiger partial charge in [-0.2, -0.15) is 5.26 Å². The Kier molecular flexibility index (Phi) is 6.80. The minimum atomic E-state index is -0.145. The summed E-state index contributed by atoms with van der Waals surface area (Å²) in [7, 11) is 0. The number of rotatable bonds is 6. The molecule has 1 heterocycles. The largest absolute Gasteiger partial charge is 0.374 e. The zero-order valence-electron chi connectivity index (χ0n) is 16.5. The Bertz CT molecular complexity index is 857. The van der Waals surface area contributed by atoms with Gasteiger partial charge in [0, 0.05) is 37.3 Å². The van der Waals surface area contributed by atoms with Crippen molar-refractivity contribution in [2.45, 2.75) is 20.0 Å². The smallest absolute Gasteiger partial charge is 0.252 e. The zero-order chi connectivity index (χ0) is 19.9. The van der Waals surface area contributed by atoms with Gasteiger partial charge in [-0.25, -0.2) is 0 Å². The molecule has 2 aromatic rings. The fourth-order valence-corrected chi connectivity index (χ4v) is 3.62. The summed E-state index contributed by atoms with van der Waals surface area (Å²) in [6, 6.07) is 17.0. The van der Waals surface area contributed by atoms with Crippen LogP contribution in [0.1, 0.15) is 29.8 Å². The van der Waals surface area contributed by atoms with Crippen LogP contribution in [0.5, 0.6) is 0 Å². The van der Waals surface area contributed by atoms with Crippen molar-refractivity contribution in [3.8, 4) is 17.2 Å². The lowest BCUT2D eigenvalue weighted by Gasteiger charge is -2.34. The Morgan fingerprint density at radius 3 is 2.68 bits per heavy atom. The predicted octanol–water partition coefficient (Wildman–Crippen LogP) is 3.31. The van der Waals surface area contributed by atoms with Crippen molar-refractivity contribution in [2.75, 3.05) is 32.8 Å². The van der Waals surface area contributed by atoms with Crippen molar-refractivity contribution < 1.29 is 9.53 Å². The van der Waals surface area contributed by atoms with Gasteiger partial charge in [-0.3, -0.25) is 9.69 Å². The van der Waals surface area contributed by atoms with Crippen LogP contribution in [0.2, 0.25) is 0 Å². The monoisotopic (exact) mass is 377 g/mol. The SMILES string of the molecule is CC(C)CN1CCOC(CNC(=O)c2ccccc2-c2ccccc2C#N)C1. The molecule has 2 aromatic carbocycles. The number of hydrogen-bond donors (Lipinski definition) is 1. The highest BCUT2D eigenvalue weighted by molar-refractivity contribution is 6.01. The summed E-state index contributed by atoms with van der Waals surface area (Å²) in [5.74, 6) is 0.466. The molecule has 0 saturated carbocycles. The van der Waals surface area contributed by atoms with Crippen LogP contribution in [-0.2, 0) is 4.74 Å². The number of morpholine rings is 1. The molecule has 1 fully saturated rings. The van der Waals surface area contributed by atoms with E-state index in [2.05, 4.69) is 30.1 Å². The number of ether oxygens (including phenoxy) is 1. The second-order valence-electron chi connectivity index (χ2n) is 7.56. The van der Waals surface area contributed by atoms with Crippen LogP contribution < -0.4 is 5.32 Å². The van der Waals surface area contributed by atoms with Gasteiger partial charge in [0.05, 0.1) is 24.3 Å². The van der Waals surface area contributed by atoms with Crippen molar-refractivity contribution in [2.24, 2.45) is 5.92 Å². The summed E-state index contributed by atoms with van der Waals surface area (Å²) < 4.78 is 5.83. The summed E-state index contributed by atoms with van der Waals surface area (Å²) in [5.41, 5.74) is 2.67. The van der Waals surface area contributed by atoms with Gasteiger partial charge in [-0.15, -0.1) is 0 Å². The van der Waals surface area contributed by atoms with E-state index in [-0.39, 0.29) is 12.0 Å². The Labute approximate surface area is 166 Å². The van der Waals surface area contributed by atoms with Gasteiger partial charge in [0.15, 0.2) is 0 Å². The first-order valence-electron chi connectivity index (χ1n) is 9.79. The van der Waals surface area contributed by atoms with E-state index < -0.39 is 0 Å². The van der Waals surface area contributed by atoms with Crippen molar-refractivity contribution in [3.63, 3.8) is 0 Å². The topological polar surface area (TPSA) is 65.4 Å². The molecular formula is C23H27N3O2. The molecule has 0 aromatic heterocycles. The van der Waals surface area contributed by atoms with Gasteiger partial charge in [-0.1, -0.05) is 50.2 Å². The summed E-state index contributed by atoms with van der Waals surface area (Å²) in [6.45, 7) is 8.40. The first-order chi connectivity index (χ1) is 13.6. The predicted molar refractivity (Wildman–Crippen MR) is 110 cm³/mol. The van der Waals surface area contributed by atoms with E-state index in [0.717, 1.165) is 30.8 Å². The third kappa shape index (κ3) is 4.98. The van der Waals surface area contributed by atoms with Gasteiger partial charge in [0.25, 0.3) is 5.91 Å². The van der Waals surface area contributed by atoms with E-state index >= 15 is 0 Å². The normalized spacial score (nSPS) is 17.3. The Morgan fingerprint density at radius 1 is 1.21 bits per heavy atom. The van der Waals surface area contributed by atoms with E-state index in [9.17, 15) is 10.1 Å². The number of nitrogens with zero attached hydrogens (tertiary/aromatic N) is 2. The molecule has 146 valence electrons. The highest BCUT2D eigenvalue weighted by Crippen LogP contribution is 2.26. The molecule has 0 radical (unpaired) electrons. The summed E-state index contributed by atoms with van der Waals surface area (Å²) >= 11 is 0. The summed E-state index contributed by atoms with van der Waals surface area (Å²) in [4.78, 5) is 15.3. The number of nitrogens with one attached hydrogen (secondary N) is 1. The van der Waals surface area contributed by atoms with Crippen molar-refractivity contribution in [1.29, 1.82) is 5.26 Å². The lowest BCUT2D eigenvalue weighted by molar-refractivity contribution is -0.0295. The van der Waals surface area contributed by atoms with E-state index in [1.807, 2.05) is 36.4 Å². The van der Waals surface area contributed by atoms with Crippen LogP contribution in [-0.4, -0.2) is 49.7 Å².